The second kappa shape index (κ2) is 3.57. The van der Waals surface area contributed by atoms with E-state index in [1.54, 1.807) is 0 Å². The molecular weight excluding hydrogens is 146 g/mol. The molecule has 3 N–H and O–H groups in total. The number of hydrogen-bond donors (Lipinski definition) is 3. The van der Waals surface area contributed by atoms with Crippen LogP contribution in [0.25, 0.3) is 0 Å². The zero-order valence-electron chi connectivity index (χ0n) is 6.29. The van der Waals surface area contributed by atoms with Crippen molar-refractivity contribution in [3.63, 3.8) is 0 Å². The Morgan fingerprint density at radius 2 is 2.18 bits per heavy atom. The summed E-state index contributed by atoms with van der Waals surface area (Å²) in [7, 11) is 0. The van der Waals surface area contributed by atoms with Crippen LogP contribution >= 0.6 is 0 Å². The van der Waals surface area contributed by atoms with E-state index >= 15 is 0 Å². The van der Waals surface area contributed by atoms with Crippen molar-refractivity contribution in [2.45, 2.75) is 37.8 Å². The van der Waals surface area contributed by atoms with Crippen LogP contribution in [-0.4, -0.2) is 28.5 Å². The van der Waals surface area contributed by atoms with Crippen molar-refractivity contribution in [2.24, 2.45) is 0 Å². The maximum Gasteiger partial charge on any atom is 0.404 e. The Morgan fingerprint density at radius 3 is 2.73 bits per heavy atom. The Bertz CT molecular complexity index is 149. The van der Waals surface area contributed by atoms with Crippen LogP contribution in [0.5, 0.6) is 0 Å². The molecule has 1 amide bonds. The molecule has 0 radical (unpaired) electrons. The number of nitrogens with one attached hydrogen (secondary N) is 1. The van der Waals surface area contributed by atoms with Gasteiger partial charge in [0.2, 0.25) is 0 Å². The van der Waals surface area contributed by atoms with Crippen molar-refractivity contribution in [1.29, 1.82) is 0 Å². The molecule has 0 aromatic carbocycles. The number of amides is 1. The van der Waals surface area contributed by atoms with Gasteiger partial charge < -0.3 is 15.5 Å². The van der Waals surface area contributed by atoms with E-state index in [-0.39, 0.29) is 12.1 Å². The van der Waals surface area contributed by atoms with Gasteiger partial charge in [0.05, 0.1) is 6.10 Å². The minimum Gasteiger partial charge on any atom is -0.465 e. The average molecular weight is 159 g/mol. The first-order chi connectivity index (χ1) is 5.18. The molecule has 1 rings (SSSR count). The standard InChI is InChI=1S/C7H13NO3/c9-6-3-1-2-5(4-6)8-7(10)11/h5-6,8-9H,1-4H2,(H,10,11)/t5-,6+/m0/s1. The number of carbonyl (C=O) groups is 1. The normalized spacial score (nSPS) is 31.4. The van der Waals surface area contributed by atoms with E-state index in [4.69, 9.17) is 10.2 Å². The van der Waals surface area contributed by atoms with Crippen LogP contribution in [-0.2, 0) is 0 Å². The van der Waals surface area contributed by atoms with Crippen molar-refractivity contribution in [3.8, 4) is 0 Å². The third-order valence-corrected chi connectivity index (χ3v) is 1.97. The number of rotatable bonds is 1. The zero-order chi connectivity index (χ0) is 8.27. The Balaban J connectivity index is 2.28. The quantitative estimate of drug-likeness (QED) is 0.523. The van der Waals surface area contributed by atoms with Gasteiger partial charge in [-0.1, -0.05) is 0 Å². The minimum absolute atomic E-state index is 0.0451. The Morgan fingerprint density at radius 1 is 1.45 bits per heavy atom. The van der Waals surface area contributed by atoms with E-state index in [0.717, 1.165) is 19.3 Å². The molecule has 0 heterocycles. The Hall–Kier alpha value is -0.770. The zero-order valence-corrected chi connectivity index (χ0v) is 6.29. The molecule has 4 heteroatoms. The topological polar surface area (TPSA) is 69.6 Å². The summed E-state index contributed by atoms with van der Waals surface area (Å²) in [5.41, 5.74) is 0. The van der Waals surface area contributed by atoms with E-state index in [9.17, 15) is 4.79 Å². The molecule has 0 saturated heterocycles. The smallest absolute Gasteiger partial charge is 0.404 e. The highest BCUT2D eigenvalue weighted by molar-refractivity contribution is 5.64. The number of hydrogen-bond acceptors (Lipinski definition) is 2. The highest BCUT2D eigenvalue weighted by Gasteiger charge is 2.20. The highest BCUT2D eigenvalue weighted by atomic mass is 16.4. The van der Waals surface area contributed by atoms with Gasteiger partial charge in [0.1, 0.15) is 0 Å². The van der Waals surface area contributed by atoms with Crippen LogP contribution in [0.3, 0.4) is 0 Å². The third-order valence-electron chi connectivity index (χ3n) is 1.97. The molecule has 0 spiro atoms. The van der Waals surface area contributed by atoms with Crippen molar-refractivity contribution in [1.82, 2.24) is 5.32 Å². The molecule has 1 aliphatic rings. The third kappa shape index (κ3) is 2.76. The molecule has 0 aromatic heterocycles. The van der Waals surface area contributed by atoms with E-state index in [1.165, 1.54) is 0 Å². The van der Waals surface area contributed by atoms with Gasteiger partial charge in [-0.3, -0.25) is 0 Å². The van der Waals surface area contributed by atoms with Crippen molar-refractivity contribution in [3.05, 3.63) is 0 Å². The van der Waals surface area contributed by atoms with Crippen molar-refractivity contribution in [2.75, 3.05) is 0 Å². The van der Waals surface area contributed by atoms with Crippen LogP contribution in [0.1, 0.15) is 25.7 Å². The van der Waals surface area contributed by atoms with Gasteiger partial charge in [-0.25, -0.2) is 4.79 Å². The van der Waals surface area contributed by atoms with Crippen LogP contribution in [0, 0.1) is 0 Å². The van der Waals surface area contributed by atoms with Crippen molar-refractivity contribution >= 4 is 6.09 Å². The first-order valence-electron chi connectivity index (χ1n) is 3.86. The first kappa shape index (κ1) is 8.33. The maximum atomic E-state index is 10.2. The predicted molar refractivity (Wildman–Crippen MR) is 39.4 cm³/mol. The molecule has 1 aliphatic carbocycles. The SMILES string of the molecule is O=C(O)N[C@H]1CCC[C@@H](O)C1. The summed E-state index contributed by atoms with van der Waals surface area (Å²) in [6.07, 6.45) is 1.81. The molecule has 0 aliphatic heterocycles. The molecular formula is C7H13NO3. The fraction of sp³-hybridized carbons (Fsp3) is 0.857. The molecule has 0 bridgehead atoms. The van der Waals surface area contributed by atoms with Crippen LogP contribution in [0.2, 0.25) is 0 Å². The number of carboxylic acid groups (broad SMARTS) is 1. The van der Waals surface area contributed by atoms with Crippen molar-refractivity contribution < 1.29 is 15.0 Å². The van der Waals surface area contributed by atoms with E-state index in [0.29, 0.717) is 6.42 Å². The lowest BCUT2D eigenvalue weighted by molar-refractivity contribution is 0.109. The van der Waals surface area contributed by atoms with E-state index in [1.807, 2.05) is 0 Å². The van der Waals surface area contributed by atoms with Gasteiger partial charge in [0.15, 0.2) is 0 Å². The monoisotopic (exact) mass is 159 g/mol. The molecule has 0 unspecified atom stereocenters. The molecule has 0 aromatic rings. The first-order valence-corrected chi connectivity index (χ1v) is 3.86. The fourth-order valence-electron chi connectivity index (χ4n) is 1.47. The summed E-state index contributed by atoms with van der Waals surface area (Å²) in [4.78, 5) is 10.2. The van der Waals surface area contributed by atoms with Gasteiger partial charge in [-0.2, -0.15) is 0 Å². The van der Waals surface area contributed by atoms with Gasteiger partial charge >= 0.3 is 6.09 Å². The predicted octanol–water partition coefficient (Wildman–Crippen LogP) is 0.557. The Kier molecular flexibility index (Phi) is 2.70. The van der Waals surface area contributed by atoms with Crippen LogP contribution < -0.4 is 5.32 Å². The van der Waals surface area contributed by atoms with Crippen LogP contribution in [0.4, 0.5) is 4.79 Å². The Labute approximate surface area is 65.2 Å². The molecule has 1 saturated carbocycles. The van der Waals surface area contributed by atoms with Gasteiger partial charge in [0, 0.05) is 6.04 Å². The summed E-state index contributed by atoms with van der Waals surface area (Å²) in [5.74, 6) is 0. The summed E-state index contributed by atoms with van der Waals surface area (Å²) in [5, 5.41) is 19.9. The summed E-state index contributed by atoms with van der Waals surface area (Å²) >= 11 is 0. The van der Waals surface area contributed by atoms with Gasteiger partial charge in [-0.05, 0) is 25.7 Å². The minimum atomic E-state index is -0.996. The molecule has 64 valence electrons. The lowest BCUT2D eigenvalue weighted by Crippen LogP contribution is -2.38. The molecule has 2 atom stereocenters. The van der Waals surface area contributed by atoms with Gasteiger partial charge in [0.25, 0.3) is 0 Å². The second-order valence-electron chi connectivity index (χ2n) is 2.97. The maximum absolute atomic E-state index is 10.2. The van der Waals surface area contributed by atoms with Gasteiger partial charge in [-0.15, -0.1) is 0 Å². The summed E-state index contributed by atoms with van der Waals surface area (Å²) < 4.78 is 0. The molecule has 4 nitrogen and oxygen atoms in total. The highest BCUT2D eigenvalue weighted by Crippen LogP contribution is 2.17. The molecule has 1 fully saturated rings. The summed E-state index contributed by atoms with van der Waals surface area (Å²) in [6, 6.07) is -0.0451. The largest absolute Gasteiger partial charge is 0.465 e. The molecule has 11 heavy (non-hydrogen) atoms. The second-order valence-corrected chi connectivity index (χ2v) is 2.97. The summed E-state index contributed by atoms with van der Waals surface area (Å²) in [6.45, 7) is 0. The number of aliphatic hydroxyl groups is 1. The van der Waals surface area contributed by atoms with E-state index < -0.39 is 6.09 Å². The fourth-order valence-corrected chi connectivity index (χ4v) is 1.47. The lowest BCUT2D eigenvalue weighted by atomic mass is 9.93. The average Bonchev–Trinajstić information content (AvgIpc) is 1.85. The van der Waals surface area contributed by atoms with E-state index in [2.05, 4.69) is 5.32 Å². The lowest BCUT2D eigenvalue weighted by Gasteiger charge is -2.25. The van der Waals surface area contributed by atoms with Crippen LogP contribution in [0.15, 0.2) is 0 Å². The number of aliphatic hydroxyl groups excluding tert-OH is 1.